The molecule has 1 aliphatic carbocycles. The Labute approximate surface area is 175 Å². The second-order valence-electron chi connectivity index (χ2n) is 8.59. The van der Waals surface area contributed by atoms with Gasteiger partial charge < -0.3 is 5.32 Å². The van der Waals surface area contributed by atoms with Crippen LogP contribution in [0.1, 0.15) is 61.3 Å². The first-order valence-electron chi connectivity index (χ1n) is 10.2. The lowest BCUT2D eigenvalue weighted by atomic mass is 9.71. The molecule has 0 unspecified atom stereocenters. The number of aromatic nitrogens is 4. The van der Waals surface area contributed by atoms with Gasteiger partial charge in [-0.15, -0.1) is 5.10 Å². The van der Waals surface area contributed by atoms with E-state index in [9.17, 15) is 9.18 Å². The fraction of sp³-hybridized carbons (Fsp3) is 0.391. The van der Waals surface area contributed by atoms with Crippen LogP contribution in [0.2, 0.25) is 0 Å². The number of aryl methyl sites for hydroxylation is 1. The SMILES string of the molecule is Cc1nnnn1[C@@H](Cc1cccc(F)c1)C(=O)N[C@@H]1CCC(C)(C)c2ccccc21. The maximum atomic E-state index is 13.7. The lowest BCUT2D eigenvalue weighted by Crippen LogP contribution is -2.40. The molecule has 1 amide bonds. The average Bonchev–Trinajstić information content (AvgIpc) is 3.14. The van der Waals surface area contributed by atoms with E-state index in [2.05, 4.69) is 46.8 Å². The van der Waals surface area contributed by atoms with Crippen LogP contribution in [0.5, 0.6) is 0 Å². The van der Waals surface area contributed by atoms with Gasteiger partial charge >= 0.3 is 0 Å². The monoisotopic (exact) mass is 407 g/mol. The largest absolute Gasteiger partial charge is 0.347 e. The van der Waals surface area contributed by atoms with E-state index >= 15 is 0 Å². The molecule has 3 aromatic rings. The molecule has 0 saturated heterocycles. The van der Waals surface area contributed by atoms with Gasteiger partial charge in [-0.2, -0.15) is 0 Å². The van der Waals surface area contributed by atoms with Crippen molar-refractivity contribution in [1.82, 2.24) is 25.5 Å². The van der Waals surface area contributed by atoms with Crippen molar-refractivity contribution in [3.05, 3.63) is 76.9 Å². The van der Waals surface area contributed by atoms with Gasteiger partial charge in [-0.05, 0) is 64.4 Å². The third kappa shape index (κ3) is 3.97. The number of nitrogens with one attached hydrogen (secondary N) is 1. The quantitative estimate of drug-likeness (QED) is 0.698. The van der Waals surface area contributed by atoms with Crippen LogP contribution in [0.3, 0.4) is 0 Å². The Balaban J connectivity index is 1.62. The van der Waals surface area contributed by atoms with Crippen molar-refractivity contribution < 1.29 is 9.18 Å². The van der Waals surface area contributed by atoms with Crippen molar-refractivity contribution in [2.24, 2.45) is 0 Å². The summed E-state index contributed by atoms with van der Waals surface area (Å²) in [7, 11) is 0. The lowest BCUT2D eigenvalue weighted by molar-refractivity contribution is -0.125. The summed E-state index contributed by atoms with van der Waals surface area (Å²) < 4.78 is 15.2. The smallest absolute Gasteiger partial charge is 0.245 e. The molecule has 0 aliphatic heterocycles. The number of halogens is 1. The molecular formula is C23H26FN5O. The molecular weight excluding hydrogens is 381 g/mol. The summed E-state index contributed by atoms with van der Waals surface area (Å²) >= 11 is 0. The number of fused-ring (bicyclic) bond motifs is 1. The minimum atomic E-state index is -0.663. The molecule has 1 aliphatic rings. The van der Waals surface area contributed by atoms with Gasteiger partial charge in [-0.1, -0.05) is 50.2 Å². The number of carbonyl (C=O) groups is 1. The number of carbonyl (C=O) groups excluding carboxylic acids is 1. The van der Waals surface area contributed by atoms with Gasteiger partial charge in [-0.3, -0.25) is 4.79 Å². The molecule has 0 radical (unpaired) electrons. The van der Waals surface area contributed by atoms with E-state index in [1.165, 1.54) is 22.4 Å². The third-order valence-corrected chi connectivity index (χ3v) is 6.01. The molecule has 0 fully saturated rings. The van der Waals surface area contributed by atoms with E-state index in [1.807, 2.05) is 18.2 Å². The Morgan fingerprint density at radius 2 is 2.07 bits per heavy atom. The fourth-order valence-corrected chi connectivity index (χ4v) is 4.33. The first-order valence-corrected chi connectivity index (χ1v) is 10.2. The Morgan fingerprint density at radius 1 is 1.27 bits per heavy atom. The van der Waals surface area contributed by atoms with Crippen LogP contribution in [0, 0.1) is 12.7 Å². The molecule has 2 aromatic carbocycles. The van der Waals surface area contributed by atoms with E-state index in [-0.39, 0.29) is 23.2 Å². The highest BCUT2D eigenvalue weighted by atomic mass is 19.1. The number of tetrazole rings is 1. The summed E-state index contributed by atoms with van der Waals surface area (Å²) in [6.07, 6.45) is 2.14. The van der Waals surface area contributed by atoms with Crippen LogP contribution >= 0.6 is 0 Å². The second-order valence-corrected chi connectivity index (χ2v) is 8.59. The average molecular weight is 407 g/mol. The summed E-state index contributed by atoms with van der Waals surface area (Å²) in [5.41, 5.74) is 3.21. The first-order chi connectivity index (χ1) is 14.3. The Kier molecular flexibility index (Phi) is 5.37. The predicted molar refractivity (Wildman–Crippen MR) is 111 cm³/mol. The fourth-order valence-electron chi connectivity index (χ4n) is 4.33. The molecule has 0 spiro atoms. The number of hydrogen-bond donors (Lipinski definition) is 1. The summed E-state index contributed by atoms with van der Waals surface area (Å²) in [5, 5.41) is 14.9. The van der Waals surface area contributed by atoms with Gasteiger partial charge in [-0.25, -0.2) is 9.07 Å². The first kappa shape index (κ1) is 20.2. The van der Waals surface area contributed by atoms with E-state index < -0.39 is 6.04 Å². The molecule has 4 rings (SSSR count). The number of rotatable bonds is 5. The van der Waals surface area contributed by atoms with Gasteiger partial charge in [0.25, 0.3) is 0 Å². The van der Waals surface area contributed by atoms with Gasteiger partial charge in [0.15, 0.2) is 0 Å². The van der Waals surface area contributed by atoms with Crippen molar-refractivity contribution in [2.45, 2.75) is 57.5 Å². The highest BCUT2D eigenvalue weighted by Crippen LogP contribution is 2.41. The zero-order chi connectivity index (χ0) is 21.3. The lowest BCUT2D eigenvalue weighted by Gasteiger charge is -2.37. The molecule has 156 valence electrons. The normalized spacial score (nSPS) is 18.5. The van der Waals surface area contributed by atoms with E-state index in [0.717, 1.165) is 24.0 Å². The molecule has 30 heavy (non-hydrogen) atoms. The summed E-state index contributed by atoms with van der Waals surface area (Å²) in [5.74, 6) is 0.0365. The van der Waals surface area contributed by atoms with Crippen molar-refractivity contribution in [3.63, 3.8) is 0 Å². The molecule has 1 N–H and O–H groups in total. The number of amides is 1. The van der Waals surface area contributed by atoms with Crippen LogP contribution in [-0.2, 0) is 16.6 Å². The van der Waals surface area contributed by atoms with Crippen LogP contribution in [0.4, 0.5) is 4.39 Å². The van der Waals surface area contributed by atoms with Gasteiger partial charge in [0.1, 0.15) is 17.7 Å². The topological polar surface area (TPSA) is 72.7 Å². The van der Waals surface area contributed by atoms with Crippen LogP contribution in [0.15, 0.2) is 48.5 Å². The summed E-state index contributed by atoms with van der Waals surface area (Å²) in [6, 6.07) is 13.8. The maximum Gasteiger partial charge on any atom is 0.245 e. The van der Waals surface area contributed by atoms with Crippen molar-refractivity contribution in [1.29, 1.82) is 0 Å². The number of hydrogen-bond acceptors (Lipinski definition) is 4. The zero-order valence-electron chi connectivity index (χ0n) is 17.5. The van der Waals surface area contributed by atoms with E-state index in [4.69, 9.17) is 0 Å². The van der Waals surface area contributed by atoms with Crippen molar-refractivity contribution >= 4 is 5.91 Å². The van der Waals surface area contributed by atoms with Crippen LogP contribution in [0.25, 0.3) is 0 Å². The predicted octanol–water partition coefficient (Wildman–Crippen LogP) is 3.83. The Bertz CT molecular complexity index is 1060. The molecule has 0 bridgehead atoms. The van der Waals surface area contributed by atoms with Gasteiger partial charge in [0, 0.05) is 6.42 Å². The minimum absolute atomic E-state index is 0.0746. The van der Waals surface area contributed by atoms with Crippen LogP contribution < -0.4 is 5.32 Å². The van der Waals surface area contributed by atoms with Crippen molar-refractivity contribution in [3.8, 4) is 0 Å². The molecule has 0 saturated carbocycles. The number of nitrogens with zero attached hydrogens (tertiary/aromatic N) is 4. The van der Waals surface area contributed by atoms with Crippen molar-refractivity contribution in [2.75, 3.05) is 0 Å². The van der Waals surface area contributed by atoms with E-state index in [0.29, 0.717) is 12.2 Å². The molecule has 1 heterocycles. The zero-order valence-corrected chi connectivity index (χ0v) is 17.5. The third-order valence-electron chi connectivity index (χ3n) is 6.01. The minimum Gasteiger partial charge on any atom is -0.347 e. The highest BCUT2D eigenvalue weighted by molar-refractivity contribution is 5.81. The summed E-state index contributed by atoms with van der Waals surface area (Å²) in [4.78, 5) is 13.4. The maximum absolute atomic E-state index is 13.7. The molecule has 6 nitrogen and oxygen atoms in total. The molecule has 1 aromatic heterocycles. The van der Waals surface area contributed by atoms with E-state index in [1.54, 1.807) is 13.0 Å². The van der Waals surface area contributed by atoms with Gasteiger partial charge in [0.2, 0.25) is 5.91 Å². The Morgan fingerprint density at radius 3 is 2.80 bits per heavy atom. The highest BCUT2D eigenvalue weighted by Gasteiger charge is 2.34. The molecule has 7 heteroatoms. The standard InChI is InChI=1S/C23H26FN5O/c1-15-26-27-28-29(15)21(14-16-7-6-8-17(24)13-16)22(30)25-20-11-12-23(2,3)19-10-5-4-9-18(19)20/h4-10,13,20-21H,11-12,14H2,1-3H3,(H,25,30)/t20-,21+/m1/s1. The van der Waals surface area contributed by atoms with Gasteiger partial charge in [0.05, 0.1) is 6.04 Å². The summed E-state index contributed by atoms with van der Waals surface area (Å²) in [6.45, 7) is 6.23. The Hall–Kier alpha value is -3.09. The second kappa shape index (κ2) is 7.97. The number of benzene rings is 2. The molecule has 2 atom stereocenters. The van der Waals surface area contributed by atoms with Crippen LogP contribution in [-0.4, -0.2) is 26.1 Å².